The second-order valence-electron chi connectivity index (χ2n) is 11.4. The number of benzene rings is 4. The lowest BCUT2D eigenvalue weighted by Crippen LogP contribution is -2.05. The van der Waals surface area contributed by atoms with Crippen molar-refractivity contribution >= 4 is 32.4 Å². The van der Waals surface area contributed by atoms with E-state index in [1.807, 2.05) is 48.5 Å². The summed E-state index contributed by atoms with van der Waals surface area (Å²) in [6.45, 7) is 11.7. The van der Waals surface area contributed by atoms with Gasteiger partial charge in [0.05, 0.1) is 13.2 Å². The van der Waals surface area contributed by atoms with Crippen molar-refractivity contribution in [3.8, 4) is 0 Å². The molecular formula is C39H50O8S2. The monoisotopic (exact) mass is 710 g/mol. The third-order valence-electron chi connectivity index (χ3n) is 7.62. The van der Waals surface area contributed by atoms with Gasteiger partial charge in [-0.05, 0) is 69.2 Å². The molecule has 4 aromatic carbocycles. The maximum Gasteiger partial charge on any atom is 0.269 e. The highest BCUT2D eigenvalue weighted by Crippen LogP contribution is 2.32. The van der Waals surface area contributed by atoms with Gasteiger partial charge in [-0.2, -0.15) is 16.8 Å². The quantitative estimate of drug-likeness (QED) is 0.101. The minimum atomic E-state index is -3.99. The Morgan fingerprint density at radius 1 is 0.592 bits per heavy atom. The van der Waals surface area contributed by atoms with Crippen LogP contribution < -0.4 is 0 Å². The first-order chi connectivity index (χ1) is 22.7. The highest BCUT2D eigenvalue weighted by atomic mass is 32.2. The van der Waals surface area contributed by atoms with Gasteiger partial charge < -0.3 is 10.2 Å². The highest BCUT2D eigenvalue weighted by molar-refractivity contribution is 7.85. The number of hydrogen-bond donors (Lipinski definition) is 4. The first kappa shape index (κ1) is 43.1. The van der Waals surface area contributed by atoms with Crippen molar-refractivity contribution < 1.29 is 36.2 Å². The van der Waals surface area contributed by atoms with Crippen LogP contribution in [0.25, 0.3) is 12.2 Å². The molecule has 4 aromatic rings. The molecule has 10 heteroatoms. The molecule has 8 nitrogen and oxygen atoms in total. The van der Waals surface area contributed by atoms with E-state index in [2.05, 4.69) is 39.1 Å². The predicted octanol–water partition coefficient (Wildman–Crippen LogP) is 8.43. The Morgan fingerprint density at radius 3 is 1.24 bits per heavy atom. The van der Waals surface area contributed by atoms with Gasteiger partial charge in [-0.15, -0.1) is 0 Å². The molecular weight excluding hydrogens is 661 g/mol. The van der Waals surface area contributed by atoms with Gasteiger partial charge in [-0.3, -0.25) is 9.11 Å². The lowest BCUT2D eigenvalue weighted by Gasteiger charge is -2.21. The van der Waals surface area contributed by atoms with Gasteiger partial charge in [0.1, 0.15) is 11.5 Å². The Hall–Kier alpha value is -3.90. The number of aliphatic hydroxyl groups is 2. The van der Waals surface area contributed by atoms with Crippen molar-refractivity contribution in [1.29, 1.82) is 0 Å². The largest absolute Gasteiger partial charge is 0.392 e. The minimum absolute atomic E-state index is 0. The summed E-state index contributed by atoms with van der Waals surface area (Å²) in [6, 6.07) is 29.9. The van der Waals surface area contributed by atoms with E-state index in [1.54, 1.807) is 48.6 Å². The molecule has 2 unspecified atom stereocenters. The van der Waals surface area contributed by atoms with Crippen molar-refractivity contribution in [2.45, 2.75) is 70.7 Å². The lowest BCUT2D eigenvalue weighted by atomic mass is 9.84. The van der Waals surface area contributed by atoms with Crippen LogP contribution in [0.4, 0.5) is 0 Å². The fourth-order valence-electron chi connectivity index (χ4n) is 4.87. The normalized spacial score (nSPS) is 12.1. The van der Waals surface area contributed by atoms with Crippen molar-refractivity contribution in [3.05, 3.63) is 155 Å². The van der Waals surface area contributed by atoms with Gasteiger partial charge in [0, 0.05) is 0 Å². The number of hydrogen-bond acceptors (Lipinski definition) is 6. The van der Waals surface area contributed by atoms with E-state index in [0.29, 0.717) is 23.0 Å². The first-order valence-corrected chi connectivity index (χ1v) is 18.6. The third-order valence-corrected chi connectivity index (χ3v) is 9.02. The Morgan fingerprint density at radius 2 is 0.918 bits per heavy atom. The van der Waals surface area contributed by atoms with Crippen molar-refractivity contribution in [1.82, 2.24) is 0 Å². The van der Waals surface area contributed by atoms with Crippen LogP contribution in [0.1, 0.15) is 90.5 Å². The molecule has 0 aliphatic heterocycles. The molecule has 4 N–H and O–H groups in total. The Labute approximate surface area is 293 Å². The van der Waals surface area contributed by atoms with Crippen LogP contribution in [0.15, 0.2) is 110 Å². The zero-order valence-electron chi connectivity index (χ0n) is 27.4. The zero-order chi connectivity index (χ0) is 35.7. The second-order valence-corrected chi connectivity index (χ2v) is 14.3. The average molecular weight is 711 g/mol. The maximum absolute atomic E-state index is 11.0. The molecule has 0 aliphatic rings. The molecule has 0 spiro atoms. The summed E-state index contributed by atoms with van der Waals surface area (Å²) in [7, 11) is -7.92. The van der Waals surface area contributed by atoms with Crippen LogP contribution in [0.2, 0.25) is 0 Å². The van der Waals surface area contributed by atoms with Gasteiger partial charge in [0.25, 0.3) is 20.2 Å². The van der Waals surface area contributed by atoms with Gasteiger partial charge in [-0.25, -0.2) is 0 Å². The Bertz CT molecular complexity index is 1760. The molecule has 0 aromatic heterocycles. The molecule has 49 heavy (non-hydrogen) atoms. The van der Waals surface area contributed by atoms with Crippen molar-refractivity contribution in [3.63, 3.8) is 0 Å². The van der Waals surface area contributed by atoms with Crippen LogP contribution in [-0.2, 0) is 45.0 Å². The Balaban J connectivity index is 0.000000417. The van der Waals surface area contributed by atoms with Crippen LogP contribution in [0.3, 0.4) is 0 Å². The third kappa shape index (κ3) is 16.9. The lowest BCUT2D eigenvalue weighted by molar-refractivity contribution is 0.281. The molecule has 0 heterocycles. The van der Waals surface area contributed by atoms with Crippen molar-refractivity contribution in [2.75, 3.05) is 0 Å². The maximum atomic E-state index is 11.0. The fourth-order valence-corrected chi connectivity index (χ4v) is 6.10. The van der Waals surface area contributed by atoms with E-state index in [0.717, 1.165) is 35.1 Å². The molecule has 4 rings (SSSR count). The van der Waals surface area contributed by atoms with E-state index < -0.39 is 20.2 Å². The van der Waals surface area contributed by atoms with Crippen LogP contribution >= 0.6 is 0 Å². The summed E-state index contributed by atoms with van der Waals surface area (Å²) in [5.74, 6) is 0.0738. The summed E-state index contributed by atoms with van der Waals surface area (Å²) >= 11 is 0. The summed E-state index contributed by atoms with van der Waals surface area (Å²) in [4.78, 5) is 0. The molecule has 0 saturated heterocycles. The van der Waals surface area contributed by atoms with Crippen LogP contribution in [-0.4, -0.2) is 36.2 Å². The second kappa shape index (κ2) is 21.2. The number of aliphatic hydroxyl groups excluding tert-OH is 2. The molecule has 0 saturated carbocycles. The topological polar surface area (TPSA) is 149 Å². The van der Waals surface area contributed by atoms with Gasteiger partial charge in [0.15, 0.2) is 0 Å². The minimum Gasteiger partial charge on any atom is -0.392 e. The van der Waals surface area contributed by atoms with E-state index in [4.69, 9.17) is 19.3 Å². The highest BCUT2D eigenvalue weighted by Gasteiger charge is 2.16. The smallest absolute Gasteiger partial charge is 0.269 e. The molecule has 0 bridgehead atoms. The molecule has 0 radical (unpaired) electrons. The van der Waals surface area contributed by atoms with E-state index in [9.17, 15) is 16.8 Å². The summed E-state index contributed by atoms with van der Waals surface area (Å²) in [5.41, 5.74) is 7.43. The molecule has 0 fully saturated rings. The van der Waals surface area contributed by atoms with E-state index in [-0.39, 0.29) is 32.1 Å². The van der Waals surface area contributed by atoms with Gasteiger partial charge in [-0.1, -0.05) is 144 Å². The van der Waals surface area contributed by atoms with Gasteiger partial charge >= 0.3 is 0 Å². The molecule has 0 aliphatic carbocycles. The standard InChI is InChI=1S/C20H26O4S.C9H10O3S.C9H10O.CH4/c1-3-18(12-15(2)19-8-4-16(13-21)5-9-19)20-10-6-17(7-11-20)14-25(22,23)24;1-2-8-3-5-9(6-4-8)7-13(10,11)12;1-2-8-3-5-9(7-10)6-4-8;/h4-11,15,18,21H,3,12-14H2,1-2H3,(H,22,23,24);2-6H,1,7H2,(H,10,11,12);2-6,10H,1,7H2;1H4. The zero-order valence-corrected chi connectivity index (χ0v) is 29.1. The molecule has 0 amide bonds. The SMILES string of the molecule is C.C=Cc1ccc(CO)cc1.C=Cc1ccc(CS(=O)(=O)O)cc1.CCC(CC(C)c1ccc(CO)cc1)c1ccc(CS(=O)(=O)O)cc1. The molecule has 2 atom stereocenters. The fraction of sp³-hybridized carbons (Fsp3) is 0.282. The van der Waals surface area contributed by atoms with Gasteiger partial charge in [0.2, 0.25) is 0 Å². The first-order valence-electron chi connectivity index (χ1n) is 15.4. The van der Waals surface area contributed by atoms with Crippen LogP contribution in [0.5, 0.6) is 0 Å². The predicted molar refractivity (Wildman–Crippen MR) is 201 cm³/mol. The number of rotatable bonds is 13. The summed E-state index contributed by atoms with van der Waals surface area (Å²) in [5, 5.41) is 17.8. The summed E-state index contributed by atoms with van der Waals surface area (Å²) < 4.78 is 60.4. The average Bonchev–Trinajstić information content (AvgIpc) is 3.07. The Kier molecular flexibility index (Phi) is 18.7. The molecule has 266 valence electrons. The van der Waals surface area contributed by atoms with E-state index in [1.165, 1.54) is 11.1 Å². The van der Waals surface area contributed by atoms with Crippen LogP contribution in [0, 0.1) is 0 Å². The van der Waals surface area contributed by atoms with Crippen molar-refractivity contribution in [2.24, 2.45) is 0 Å². The summed E-state index contributed by atoms with van der Waals surface area (Å²) in [6.07, 6.45) is 5.43. The van der Waals surface area contributed by atoms with E-state index >= 15 is 0 Å².